The molecule has 31 heavy (non-hydrogen) atoms. The van der Waals surface area contributed by atoms with Crippen molar-refractivity contribution in [3.05, 3.63) is 11.6 Å². The number of ether oxygens (including phenoxy) is 2. The van der Waals surface area contributed by atoms with Crippen LogP contribution < -0.4 is 0 Å². The average Bonchev–Trinajstić information content (AvgIpc) is 3.05. The van der Waals surface area contributed by atoms with Gasteiger partial charge in [0.2, 0.25) is 0 Å². The minimum atomic E-state index is -0.323. The lowest BCUT2D eigenvalue weighted by atomic mass is 9.35. The first kappa shape index (κ1) is 21.5. The van der Waals surface area contributed by atoms with E-state index >= 15 is 0 Å². The Kier molecular flexibility index (Phi) is 4.59. The van der Waals surface area contributed by atoms with Crippen molar-refractivity contribution in [2.45, 2.75) is 105 Å². The highest BCUT2D eigenvalue weighted by atomic mass is 16.6. The highest BCUT2D eigenvalue weighted by molar-refractivity contribution is 5.86. The Morgan fingerprint density at radius 3 is 2.29 bits per heavy atom. The molecule has 0 saturated heterocycles. The summed E-state index contributed by atoms with van der Waals surface area (Å²) in [6.07, 6.45) is 10.7. The molecule has 4 aliphatic carbocycles. The van der Waals surface area contributed by atoms with Crippen molar-refractivity contribution in [3.8, 4) is 0 Å². The minimum absolute atomic E-state index is 0.0761. The summed E-state index contributed by atoms with van der Waals surface area (Å²) < 4.78 is 11.7. The largest absolute Gasteiger partial charge is 0.458 e. The summed E-state index contributed by atoms with van der Waals surface area (Å²) >= 11 is 0. The average molecular weight is 429 g/mol. The smallest absolute Gasteiger partial charge is 0.331 e. The molecule has 1 heterocycles. The van der Waals surface area contributed by atoms with Crippen LogP contribution in [0.4, 0.5) is 0 Å². The van der Waals surface area contributed by atoms with E-state index in [4.69, 9.17) is 9.47 Å². The van der Waals surface area contributed by atoms with Gasteiger partial charge in [-0.15, -0.1) is 0 Å². The summed E-state index contributed by atoms with van der Waals surface area (Å²) in [5.41, 5.74) is 1.80. The quantitative estimate of drug-likeness (QED) is 0.492. The summed E-state index contributed by atoms with van der Waals surface area (Å²) in [6, 6.07) is 0. The third kappa shape index (κ3) is 2.85. The van der Waals surface area contributed by atoms with Gasteiger partial charge in [0.05, 0.1) is 0 Å². The Morgan fingerprint density at radius 2 is 1.58 bits per heavy atom. The molecule has 0 N–H and O–H groups in total. The van der Waals surface area contributed by atoms with Gasteiger partial charge >= 0.3 is 11.9 Å². The standard InChI is InChI=1S/C27H40O4/c1-16(28)30-18-15-21-26(5)12-8-19-24(2,3)10-7-11-25(19,4)20(26)9-13-27(21,6)23-17(18)14-22(29)31-23/h14,18-21,23H,7-13,15H2,1-6H3/t18-,19-,20+,21-,23-,25-,26+,27-/m0/s1. The SMILES string of the molecule is CC(=O)O[C@H]1C[C@H]2[C@]3(C)CC[C@H]4C(C)(C)CCC[C@]4(C)[C@H]3CC[C@]2(C)[C@H]2OC(=O)C=C12. The van der Waals surface area contributed by atoms with Crippen molar-refractivity contribution in [1.82, 2.24) is 0 Å². The first-order valence-corrected chi connectivity index (χ1v) is 12.5. The molecule has 0 aromatic carbocycles. The molecule has 0 spiro atoms. The van der Waals surface area contributed by atoms with E-state index < -0.39 is 0 Å². The predicted octanol–water partition coefficient (Wildman–Crippen LogP) is 5.84. The summed E-state index contributed by atoms with van der Waals surface area (Å²) in [6.45, 7) is 13.9. The molecule has 0 amide bonds. The van der Waals surface area contributed by atoms with Crippen LogP contribution in [0.1, 0.15) is 92.9 Å². The Morgan fingerprint density at radius 1 is 0.935 bits per heavy atom. The van der Waals surface area contributed by atoms with Crippen LogP contribution in [0.25, 0.3) is 0 Å². The van der Waals surface area contributed by atoms with Crippen LogP contribution in [0.3, 0.4) is 0 Å². The maximum Gasteiger partial charge on any atom is 0.331 e. The summed E-state index contributed by atoms with van der Waals surface area (Å²) in [5, 5.41) is 0. The van der Waals surface area contributed by atoms with Gasteiger partial charge in [0.25, 0.3) is 0 Å². The van der Waals surface area contributed by atoms with Crippen molar-refractivity contribution in [2.75, 3.05) is 0 Å². The number of carbonyl (C=O) groups excluding carboxylic acids is 2. The zero-order valence-corrected chi connectivity index (χ0v) is 20.3. The molecule has 0 unspecified atom stereocenters. The van der Waals surface area contributed by atoms with Gasteiger partial charge in [0.1, 0.15) is 12.2 Å². The van der Waals surface area contributed by atoms with E-state index in [1.54, 1.807) is 6.08 Å². The van der Waals surface area contributed by atoms with Crippen LogP contribution in [0.15, 0.2) is 11.6 Å². The normalized spacial score (nSPS) is 50.2. The number of esters is 2. The molecule has 0 aromatic heterocycles. The number of carbonyl (C=O) groups is 2. The van der Waals surface area contributed by atoms with E-state index in [0.29, 0.717) is 22.7 Å². The van der Waals surface area contributed by atoms with E-state index in [1.165, 1.54) is 45.4 Å². The maximum atomic E-state index is 12.3. The molecular weight excluding hydrogens is 388 g/mol. The maximum absolute atomic E-state index is 12.3. The van der Waals surface area contributed by atoms with Crippen LogP contribution in [-0.2, 0) is 19.1 Å². The van der Waals surface area contributed by atoms with Crippen LogP contribution in [0.2, 0.25) is 0 Å². The van der Waals surface area contributed by atoms with Gasteiger partial charge in [-0.3, -0.25) is 4.79 Å². The van der Waals surface area contributed by atoms with E-state index in [9.17, 15) is 9.59 Å². The number of hydrogen-bond acceptors (Lipinski definition) is 4. The molecular formula is C27H40O4. The second-order valence-electron chi connectivity index (χ2n) is 12.9. The van der Waals surface area contributed by atoms with Gasteiger partial charge in [-0.25, -0.2) is 4.79 Å². The topological polar surface area (TPSA) is 52.6 Å². The van der Waals surface area contributed by atoms with Crippen molar-refractivity contribution in [3.63, 3.8) is 0 Å². The zero-order valence-electron chi connectivity index (χ0n) is 20.3. The molecule has 4 heteroatoms. The lowest BCUT2D eigenvalue weighted by molar-refractivity contribution is -0.222. The predicted molar refractivity (Wildman–Crippen MR) is 119 cm³/mol. The lowest BCUT2D eigenvalue weighted by Crippen LogP contribution is -2.65. The highest BCUT2D eigenvalue weighted by Gasteiger charge is 2.68. The Bertz CT molecular complexity index is 842. The third-order valence-electron chi connectivity index (χ3n) is 11.0. The number of fused-ring (bicyclic) bond motifs is 7. The fourth-order valence-corrected chi connectivity index (χ4v) is 9.87. The second-order valence-corrected chi connectivity index (χ2v) is 12.9. The molecule has 0 radical (unpaired) electrons. The van der Waals surface area contributed by atoms with E-state index in [-0.39, 0.29) is 35.0 Å². The van der Waals surface area contributed by atoms with Crippen molar-refractivity contribution in [2.24, 2.45) is 39.4 Å². The van der Waals surface area contributed by atoms with E-state index in [2.05, 4.69) is 34.6 Å². The fraction of sp³-hybridized carbons (Fsp3) is 0.852. The minimum Gasteiger partial charge on any atom is -0.458 e. The van der Waals surface area contributed by atoms with E-state index in [1.807, 2.05) is 0 Å². The van der Waals surface area contributed by atoms with Gasteiger partial charge in [0.15, 0.2) is 0 Å². The first-order valence-electron chi connectivity index (χ1n) is 12.5. The zero-order chi connectivity index (χ0) is 22.4. The van der Waals surface area contributed by atoms with Gasteiger partial charge in [0, 0.05) is 24.0 Å². The molecule has 172 valence electrons. The molecule has 4 saturated carbocycles. The van der Waals surface area contributed by atoms with Crippen LogP contribution in [-0.4, -0.2) is 24.1 Å². The van der Waals surface area contributed by atoms with E-state index in [0.717, 1.165) is 24.3 Å². The number of rotatable bonds is 1. The summed E-state index contributed by atoms with van der Waals surface area (Å²) in [5.74, 6) is 1.31. The fourth-order valence-electron chi connectivity index (χ4n) is 9.87. The summed E-state index contributed by atoms with van der Waals surface area (Å²) in [4.78, 5) is 24.2. The lowest BCUT2D eigenvalue weighted by Gasteiger charge is -2.70. The second kappa shape index (κ2) is 6.60. The molecule has 4 fully saturated rings. The van der Waals surface area contributed by atoms with Crippen molar-refractivity contribution in [1.29, 1.82) is 0 Å². The molecule has 5 rings (SSSR count). The van der Waals surface area contributed by atoms with Crippen LogP contribution in [0.5, 0.6) is 0 Å². The Hall–Kier alpha value is -1.32. The highest BCUT2D eigenvalue weighted by Crippen LogP contribution is 2.73. The molecule has 0 bridgehead atoms. The Balaban J connectivity index is 1.55. The van der Waals surface area contributed by atoms with Crippen molar-refractivity contribution < 1.29 is 19.1 Å². The molecule has 5 aliphatic rings. The van der Waals surface area contributed by atoms with Crippen LogP contribution >= 0.6 is 0 Å². The van der Waals surface area contributed by atoms with Crippen molar-refractivity contribution >= 4 is 11.9 Å². The Labute approximate surface area is 187 Å². The molecule has 0 aromatic rings. The van der Waals surface area contributed by atoms with Gasteiger partial charge in [-0.1, -0.05) is 41.0 Å². The van der Waals surface area contributed by atoms with Crippen LogP contribution in [0, 0.1) is 39.4 Å². The van der Waals surface area contributed by atoms with Gasteiger partial charge in [-0.05, 0) is 78.9 Å². The van der Waals surface area contributed by atoms with Gasteiger partial charge in [-0.2, -0.15) is 0 Å². The summed E-state index contributed by atoms with van der Waals surface area (Å²) in [7, 11) is 0. The number of hydrogen-bond donors (Lipinski definition) is 0. The first-order chi connectivity index (χ1) is 14.4. The third-order valence-corrected chi connectivity index (χ3v) is 11.0. The monoisotopic (exact) mass is 428 g/mol. The molecule has 1 aliphatic heterocycles. The molecule has 8 atom stereocenters. The van der Waals surface area contributed by atoms with Gasteiger partial charge < -0.3 is 9.47 Å². The molecule has 4 nitrogen and oxygen atoms in total.